The molecule has 2 aromatic heterocycles. The number of pyridine rings is 1. The zero-order chi connectivity index (χ0) is 11.4. The quantitative estimate of drug-likeness (QED) is 0.771. The Morgan fingerprint density at radius 2 is 2.31 bits per heavy atom. The van der Waals surface area contributed by atoms with Gasteiger partial charge in [0.15, 0.2) is 11.5 Å². The van der Waals surface area contributed by atoms with Crippen LogP contribution >= 0.6 is 0 Å². The third kappa shape index (κ3) is 2.05. The number of rotatable bonds is 3. The standard InChI is InChI=1S/C10H12N6/c1-2-8-9(10(11)16-14-8)15-13-7-4-3-5-12-6-7/h3-6H,2H2,1H3,(H3,11,14,16). The molecule has 82 valence electrons. The van der Waals surface area contributed by atoms with E-state index >= 15 is 0 Å². The Balaban J connectivity index is 2.27. The predicted octanol–water partition coefficient (Wildman–Crippen LogP) is 2.36. The maximum absolute atomic E-state index is 5.67. The number of nitrogen functional groups attached to an aromatic ring is 1. The first kappa shape index (κ1) is 10.3. The summed E-state index contributed by atoms with van der Waals surface area (Å²) in [6.07, 6.45) is 4.10. The van der Waals surface area contributed by atoms with E-state index in [9.17, 15) is 0 Å². The van der Waals surface area contributed by atoms with Gasteiger partial charge in [0, 0.05) is 6.20 Å². The Morgan fingerprint density at radius 1 is 1.44 bits per heavy atom. The van der Waals surface area contributed by atoms with Gasteiger partial charge < -0.3 is 5.73 Å². The van der Waals surface area contributed by atoms with Crippen LogP contribution in [0.1, 0.15) is 12.6 Å². The molecule has 6 heteroatoms. The van der Waals surface area contributed by atoms with Crippen molar-refractivity contribution in [3.05, 3.63) is 30.2 Å². The van der Waals surface area contributed by atoms with Crippen LogP contribution in [0.2, 0.25) is 0 Å². The lowest BCUT2D eigenvalue weighted by Gasteiger charge is -1.93. The topological polar surface area (TPSA) is 92.3 Å². The van der Waals surface area contributed by atoms with Gasteiger partial charge >= 0.3 is 0 Å². The van der Waals surface area contributed by atoms with Gasteiger partial charge in [-0.05, 0) is 18.6 Å². The van der Waals surface area contributed by atoms with Crippen molar-refractivity contribution in [2.75, 3.05) is 5.73 Å². The molecule has 0 atom stereocenters. The van der Waals surface area contributed by atoms with Gasteiger partial charge in [-0.2, -0.15) is 5.10 Å². The first-order chi connectivity index (χ1) is 7.81. The predicted molar refractivity (Wildman–Crippen MR) is 60.8 cm³/mol. The van der Waals surface area contributed by atoms with E-state index in [1.54, 1.807) is 18.5 Å². The van der Waals surface area contributed by atoms with Gasteiger partial charge in [0.05, 0.1) is 11.9 Å². The highest BCUT2D eigenvalue weighted by atomic mass is 15.2. The molecule has 6 nitrogen and oxygen atoms in total. The van der Waals surface area contributed by atoms with E-state index in [2.05, 4.69) is 25.4 Å². The maximum Gasteiger partial charge on any atom is 0.173 e. The fraction of sp³-hybridized carbons (Fsp3) is 0.200. The third-order valence-corrected chi connectivity index (χ3v) is 2.10. The molecule has 16 heavy (non-hydrogen) atoms. The van der Waals surface area contributed by atoms with Crippen molar-refractivity contribution < 1.29 is 0 Å². The van der Waals surface area contributed by atoms with E-state index in [1.165, 1.54) is 0 Å². The van der Waals surface area contributed by atoms with Crippen molar-refractivity contribution in [1.82, 2.24) is 15.2 Å². The molecular weight excluding hydrogens is 204 g/mol. The molecule has 0 saturated carbocycles. The summed E-state index contributed by atoms with van der Waals surface area (Å²) < 4.78 is 0. The highest BCUT2D eigenvalue weighted by Crippen LogP contribution is 2.26. The Labute approximate surface area is 92.6 Å². The molecule has 0 unspecified atom stereocenters. The lowest BCUT2D eigenvalue weighted by molar-refractivity contribution is 0.974. The zero-order valence-corrected chi connectivity index (χ0v) is 8.88. The number of H-pyrrole nitrogens is 1. The van der Waals surface area contributed by atoms with E-state index < -0.39 is 0 Å². The smallest absolute Gasteiger partial charge is 0.173 e. The van der Waals surface area contributed by atoms with Gasteiger partial charge in [0.25, 0.3) is 0 Å². The Bertz CT molecular complexity index is 487. The molecule has 0 radical (unpaired) electrons. The zero-order valence-electron chi connectivity index (χ0n) is 8.88. The van der Waals surface area contributed by atoms with Crippen LogP contribution in [0.5, 0.6) is 0 Å². The van der Waals surface area contributed by atoms with Crippen LogP contribution in [0.3, 0.4) is 0 Å². The SMILES string of the molecule is CCc1[nH]nc(N)c1N=Nc1cccnc1. The lowest BCUT2D eigenvalue weighted by atomic mass is 10.3. The number of hydrogen-bond acceptors (Lipinski definition) is 5. The van der Waals surface area contributed by atoms with Gasteiger partial charge in [-0.15, -0.1) is 10.2 Å². The van der Waals surface area contributed by atoms with E-state index in [0.29, 0.717) is 17.2 Å². The van der Waals surface area contributed by atoms with Crippen molar-refractivity contribution in [2.45, 2.75) is 13.3 Å². The minimum atomic E-state index is 0.365. The fourth-order valence-corrected chi connectivity index (χ4v) is 1.27. The molecule has 2 aromatic rings. The summed E-state index contributed by atoms with van der Waals surface area (Å²) >= 11 is 0. The van der Waals surface area contributed by atoms with Crippen molar-refractivity contribution in [3.8, 4) is 0 Å². The second-order valence-electron chi connectivity index (χ2n) is 3.20. The van der Waals surface area contributed by atoms with Crippen LogP contribution in [0.4, 0.5) is 17.2 Å². The average Bonchev–Trinajstić information content (AvgIpc) is 2.69. The number of aromatic nitrogens is 3. The second-order valence-corrected chi connectivity index (χ2v) is 3.20. The van der Waals surface area contributed by atoms with Crippen molar-refractivity contribution >= 4 is 17.2 Å². The summed E-state index contributed by atoms with van der Waals surface area (Å²) in [5, 5.41) is 14.8. The van der Waals surface area contributed by atoms with E-state index in [0.717, 1.165) is 12.1 Å². The highest BCUT2D eigenvalue weighted by Gasteiger charge is 2.07. The Hall–Kier alpha value is -2.24. The molecule has 0 bridgehead atoms. The van der Waals surface area contributed by atoms with Crippen LogP contribution in [0.25, 0.3) is 0 Å². The molecule has 2 rings (SSSR count). The molecule has 2 heterocycles. The molecular formula is C10H12N6. The third-order valence-electron chi connectivity index (χ3n) is 2.10. The van der Waals surface area contributed by atoms with Crippen LogP contribution in [0.15, 0.2) is 34.8 Å². The molecule has 0 amide bonds. The Kier molecular flexibility index (Phi) is 2.90. The average molecular weight is 216 g/mol. The first-order valence-corrected chi connectivity index (χ1v) is 4.95. The van der Waals surface area contributed by atoms with Crippen molar-refractivity contribution in [1.29, 1.82) is 0 Å². The normalized spacial score (nSPS) is 11.1. The molecule has 0 saturated heterocycles. The fourth-order valence-electron chi connectivity index (χ4n) is 1.27. The van der Waals surface area contributed by atoms with E-state index in [-0.39, 0.29) is 0 Å². The van der Waals surface area contributed by atoms with Gasteiger partial charge in [-0.3, -0.25) is 10.1 Å². The van der Waals surface area contributed by atoms with Gasteiger partial charge in [0.2, 0.25) is 0 Å². The molecule has 0 spiro atoms. The maximum atomic E-state index is 5.67. The number of aryl methyl sites for hydroxylation is 1. The monoisotopic (exact) mass is 216 g/mol. The number of nitrogens with two attached hydrogens (primary N) is 1. The first-order valence-electron chi connectivity index (χ1n) is 4.95. The van der Waals surface area contributed by atoms with Gasteiger partial charge in [0.1, 0.15) is 5.69 Å². The van der Waals surface area contributed by atoms with Gasteiger partial charge in [-0.1, -0.05) is 6.92 Å². The van der Waals surface area contributed by atoms with E-state index in [1.807, 2.05) is 13.0 Å². The number of nitrogens with one attached hydrogen (secondary N) is 1. The number of azo groups is 1. The molecule has 0 aliphatic heterocycles. The summed E-state index contributed by atoms with van der Waals surface area (Å²) in [5.41, 5.74) is 7.84. The lowest BCUT2D eigenvalue weighted by Crippen LogP contribution is -1.83. The molecule has 0 aliphatic rings. The largest absolute Gasteiger partial charge is 0.380 e. The number of nitrogens with zero attached hydrogens (tertiary/aromatic N) is 4. The minimum absolute atomic E-state index is 0.365. The summed E-state index contributed by atoms with van der Waals surface area (Å²) in [5.74, 6) is 0.365. The van der Waals surface area contributed by atoms with Crippen molar-refractivity contribution in [3.63, 3.8) is 0 Å². The van der Waals surface area contributed by atoms with Gasteiger partial charge in [-0.25, -0.2) is 0 Å². The Morgan fingerprint density at radius 3 is 3.00 bits per heavy atom. The summed E-state index contributed by atoms with van der Waals surface area (Å²) in [6.45, 7) is 2.00. The van der Waals surface area contributed by atoms with Crippen molar-refractivity contribution in [2.24, 2.45) is 10.2 Å². The molecule has 0 aromatic carbocycles. The number of aromatic amines is 1. The summed E-state index contributed by atoms with van der Waals surface area (Å²) in [6, 6.07) is 3.62. The number of hydrogen-bond donors (Lipinski definition) is 2. The molecule has 0 fully saturated rings. The summed E-state index contributed by atoms with van der Waals surface area (Å²) in [7, 11) is 0. The van der Waals surface area contributed by atoms with Crippen LogP contribution in [-0.4, -0.2) is 15.2 Å². The summed E-state index contributed by atoms with van der Waals surface area (Å²) in [4.78, 5) is 3.94. The van der Waals surface area contributed by atoms with E-state index in [4.69, 9.17) is 5.73 Å². The van der Waals surface area contributed by atoms with Crippen LogP contribution in [-0.2, 0) is 6.42 Å². The molecule has 3 N–H and O–H groups in total. The second kappa shape index (κ2) is 4.52. The highest BCUT2D eigenvalue weighted by molar-refractivity contribution is 5.60. The molecule has 0 aliphatic carbocycles. The number of anilines is 1. The van der Waals surface area contributed by atoms with Crippen LogP contribution < -0.4 is 5.73 Å². The minimum Gasteiger partial charge on any atom is -0.380 e. The van der Waals surface area contributed by atoms with Crippen LogP contribution in [0, 0.1) is 0 Å².